The fourth-order valence-electron chi connectivity index (χ4n) is 1.98. The first-order valence-electron chi connectivity index (χ1n) is 6.25. The lowest BCUT2D eigenvalue weighted by Gasteiger charge is -2.05. The summed E-state index contributed by atoms with van der Waals surface area (Å²) in [6.07, 6.45) is 3.03. The van der Waals surface area contributed by atoms with E-state index in [2.05, 4.69) is 15.3 Å². The molecule has 106 valence electrons. The lowest BCUT2D eigenvalue weighted by Crippen LogP contribution is -2.12. The van der Waals surface area contributed by atoms with E-state index in [1.165, 1.54) is 17.0 Å². The number of benzene rings is 1. The van der Waals surface area contributed by atoms with Crippen molar-refractivity contribution < 1.29 is 9.21 Å². The fourth-order valence-corrected chi connectivity index (χ4v) is 1.98. The smallest absolute Gasteiger partial charge is 0.407 e. The van der Waals surface area contributed by atoms with Gasteiger partial charge in [0.25, 0.3) is 5.91 Å². The number of para-hydroxylation sites is 1. The Balaban J connectivity index is 2.00. The van der Waals surface area contributed by atoms with Crippen LogP contribution in [0.2, 0.25) is 0 Å². The van der Waals surface area contributed by atoms with Gasteiger partial charge in [-0.25, -0.2) is 14.8 Å². The number of nitrogens with zero attached hydrogens (tertiary/aromatic N) is 3. The van der Waals surface area contributed by atoms with E-state index in [0.29, 0.717) is 17.0 Å². The molecular weight excluding hydrogens is 272 g/mol. The highest BCUT2D eigenvalue weighted by atomic mass is 16.4. The zero-order valence-electron chi connectivity index (χ0n) is 11.5. The van der Waals surface area contributed by atoms with Crippen LogP contribution in [0.15, 0.2) is 39.8 Å². The first-order chi connectivity index (χ1) is 10.1. The van der Waals surface area contributed by atoms with Crippen molar-refractivity contribution >= 4 is 22.7 Å². The average molecular weight is 284 g/mol. The van der Waals surface area contributed by atoms with Gasteiger partial charge in [0.15, 0.2) is 5.58 Å². The molecule has 1 N–H and O–H groups in total. The van der Waals surface area contributed by atoms with Crippen LogP contribution in [0.4, 0.5) is 5.69 Å². The number of aryl methyl sites for hydroxylation is 2. The summed E-state index contributed by atoms with van der Waals surface area (Å²) in [6.45, 7) is 1.75. The number of oxazole rings is 1. The molecule has 0 atom stereocenters. The summed E-state index contributed by atoms with van der Waals surface area (Å²) in [5.41, 5.74) is 1.58. The zero-order chi connectivity index (χ0) is 15.0. The Morgan fingerprint density at radius 1 is 1.29 bits per heavy atom. The highest BCUT2D eigenvalue weighted by Crippen LogP contribution is 2.18. The van der Waals surface area contributed by atoms with Crippen LogP contribution < -0.4 is 11.1 Å². The van der Waals surface area contributed by atoms with Gasteiger partial charge in [-0.2, -0.15) is 0 Å². The maximum atomic E-state index is 12.3. The van der Waals surface area contributed by atoms with Gasteiger partial charge in [0.2, 0.25) is 0 Å². The Labute approximate surface area is 119 Å². The Morgan fingerprint density at radius 2 is 2.00 bits per heavy atom. The molecule has 0 saturated carbocycles. The summed E-state index contributed by atoms with van der Waals surface area (Å²) in [4.78, 5) is 31.9. The van der Waals surface area contributed by atoms with Crippen molar-refractivity contribution in [2.45, 2.75) is 6.92 Å². The summed E-state index contributed by atoms with van der Waals surface area (Å²) in [5, 5.41) is 2.67. The molecule has 1 aromatic carbocycles. The Hall–Kier alpha value is -2.96. The number of carbonyl (C=O) groups is 1. The van der Waals surface area contributed by atoms with Crippen molar-refractivity contribution in [3.8, 4) is 0 Å². The van der Waals surface area contributed by atoms with E-state index in [0.717, 1.165) is 0 Å². The molecular formula is C14H12N4O3. The van der Waals surface area contributed by atoms with E-state index in [9.17, 15) is 9.59 Å². The van der Waals surface area contributed by atoms with Gasteiger partial charge < -0.3 is 9.73 Å². The molecule has 2 heterocycles. The first-order valence-corrected chi connectivity index (χ1v) is 6.25. The molecule has 2 aromatic heterocycles. The van der Waals surface area contributed by atoms with Crippen LogP contribution in [0.1, 0.15) is 16.2 Å². The number of aromatic nitrogens is 3. The van der Waals surface area contributed by atoms with Crippen LogP contribution in [0, 0.1) is 6.92 Å². The maximum Gasteiger partial charge on any atom is 0.419 e. The lowest BCUT2D eigenvalue weighted by atomic mass is 10.2. The van der Waals surface area contributed by atoms with Crippen LogP contribution in [-0.4, -0.2) is 20.4 Å². The fraction of sp³-hybridized carbons (Fsp3) is 0.143. The largest absolute Gasteiger partial charge is 0.419 e. The number of rotatable bonds is 2. The van der Waals surface area contributed by atoms with Crippen molar-refractivity contribution in [3.05, 3.63) is 52.5 Å². The van der Waals surface area contributed by atoms with Gasteiger partial charge in [0, 0.05) is 7.05 Å². The minimum absolute atomic E-state index is 0.260. The van der Waals surface area contributed by atoms with Crippen molar-refractivity contribution in [1.29, 1.82) is 0 Å². The number of carbonyl (C=O) groups excluding carboxylic acids is 1. The number of amides is 1. The van der Waals surface area contributed by atoms with E-state index in [1.807, 2.05) is 0 Å². The molecule has 0 bridgehead atoms. The summed E-state index contributed by atoms with van der Waals surface area (Å²) >= 11 is 0. The molecule has 7 nitrogen and oxygen atoms in total. The van der Waals surface area contributed by atoms with Crippen LogP contribution in [0.25, 0.3) is 11.1 Å². The average Bonchev–Trinajstić information content (AvgIpc) is 2.77. The minimum Gasteiger partial charge on any atom is -0.407 e. The van der Waals surface area contributed by atoms with Gasteiger partial charge in [-0.3, -0.25) is 9.36 Å². The van der Waals surface area contributed by atoms with Gasteiger partial charge in [-0.15, -0.1) is 0 Å². The molecule has 0 aliphatic heterocycles. The normalized spacial score (nSPS) is 10.8. The van der Waals surface area contributed by atoms with Crippen molar-refractivity contribution in [2.24, 2.45) is 7.05 Å². The Morgan fingerprint density at radius 3 is 2.71 bits per heavy atom. The number of fused-ring (bicyclic) bond motifs is 1. The number of nitrogens with one attached hydrogen (secondary N) is 1. The SMILES string of the molecule is Cc1ncc(NC(=O)c2cccc3c2oc(=O)n3C)cn1. The molecule has 0 aliphatic carbocycles. The molecule has 21 heavy (non-hydrogen) atoms. The molecule has 0 aliphatic rings. The van der Waals surface area contributed by atoms with Gasteiger partial charge >= 0.3 is 5.76 Å². The molecule has 0 saturated heterocycles. The second-order valence-electron chi connectivity index (χ2n) is 4.55. The maximum absolute atomic E-state index is 12.3. The monoisotopic (exact) mass is 284 g/mol. The van der Waals surface area contributed by atoms with E-state index in [1.54, 1.807) is 32.2 Å². The molecule has 7 heteroatoms. The minimum atomic E-state index is -0.510. The predicted octanol–water partition coefficient (Wildman–Crippen LogP) is 1.48. The quantitative estimate of drug-likeness (QED) is 0.769. The lowest BCUT2D eigenvalue weighted by molar-refractivity contribution is 0.102. The third-order valence-electron chi connectivity index (χ3n) is 3.10. The van der Waals surface area contributed by atoms with Crippen molar-refractivity contribution in [2.75, 3.05) is 5.32 Å². The van der Waals surface area contributed by atoms with Gasteiger partial charge in [-0.1, -0.05) is 6.07 Å². The predicted molar refractivity (Wildman–Crippen MR) is 76.2 cm³/mol. The van der Waals surface area contributed by atoms with Crippen molar-refractivity contribution in [3.63, 3.8) is 0 Å². The third kappa shape index (κ3) is 2.29. The van der Waals surface area contributed by atoms with Crippen LogP contribution in [-0.2, 0) is 7.05 Å². The summed E-state index contributed by atoms with van der Waals surface area (Å²) in [5.74, 6) is -0.282. The first kappa shape index (κ1) is 13.0. The summed E-state index contributed by atoms with van der Waals surface area (Å²) < 4.78 is 6.47. The van der Waals surface area contributed by atoms with Crippen LogP contribution in [0.5, 0.6) is 0 Å². The van der Waals surface area contributed by atoms with Gasteiger partial charge in [0.05, 0.1) is 29.2 Å². The topological polar surface area (TPSA) is 90.0 Å². The summed E-state index contributed by atoms with van der Waals surface area (Å²) in [7, 11) is 1.59. The molecule has 0 spiro atoms. The number of anilines is 1. The zero-order valence-corrected chi connectivity index (χ0v) is 11.5. The molecule has 0 fully saturated rings. The highest BCUT2D eigenvalue weighted by molar-refractivity contribution is 6.10. The highest BCUT2D eigenvalue weighted by Gasteiger charge is 2.16. The second kappa shape index (κ2) is 4.86. The summed E-state index contributed by atoms with van der Waals surface area (Å²) in [6, 6.07) is 5.00. The molecule has 0 unspecified atom stereocenters. The van der Waals surface area contributed by atoms with E-state index >= 15 is 0 Å². The van der Waals surface area contributed by atoms with Crippen LogP contribution >= 0.6 is 0 Å². The molecule has 0 radical (unpaired) electrons. The Bertz CT molecular complexity index is 877. The van der Waals surface area contributed by atoms with Crippen LogP contribution in [0.3, 0.4) is 0 Å². The third-order valence-corrected chi connectivity index (χ3v) is 3.10. The Kier molecular flexibility index (Phi) is 3.02. The van der Waals surface area contributed by atoms with E-state index < -0.39 is 5.76 Å². The second-order valence-corrected chi connectivity index (χ2v) is 4.55. The van der Waals surface area contributed by atoms with Gasteiger partial charge in [-0.05, 0) is 19.1 Å². The molecule has 3 aromatic rings. The van der Waals surface area contributed by atoms with E-state index in [4.69, 9.17) is 4.42 Å². The molecule has 1 amide bonds. The number of hydrogen-bond acceptors (Lipinski definition) is 5. The van der Waals surface area contributed by atoms with Crippen molar-refractivity contribution in [1.82, 2.24) is 14.5 Å². The number of hydrogen-bond donors (Lipinski definition) is 1. The molecule has 3 rings (SSSR count). The van der Waals surface area contributed by atoms with Gasteiger partial charge in [0.1, 0.15) is 5.82 Å². The standard InChI is InChI=1S/C14H12N4O3/c1-8-15-6-9(7-16-8)17-13(19)10-4-3-5-11-12(10)21-14(20)18(11)2/h3-7H,1-2H3,(H,17,19). The van der Waals surface area contributed by atoms with E-state index in [-0.39, 0.29) is 17.1 Å².